The first-order chi connectivity index (χ1) is 13.1. The van der Waals surface area contributed by atoms with E-state index in [2.05, 4.69) is 17.4 Å². The molecule has 3 rings (SSSR count). The normalized spacial score (nSPS) is 16.7. The number of benzene rings is 2. The quantitative estimate of drug-likeness (QED) is 0.788. The van der Waals surface area contributed by atoms with Gasteiger partial charge in [0.2, 0.25) is 0 Å². The van der Waals surface area contributed by atoms with Crippen molar-refractivity contribution in [1.29, 1.82) is 0 Å². The highest BCUT2D eigenvalue weighted by molar-refractivity contribution is 5.92. The SMILES string of the molecule is CCOc1ccc(C(=O)OC(C)C(=O)NC2CCCc3ccccc32)cc1. The Labute approximate surface area is 159 Å². The molecule has 0 aromatic heterocycles. The van der Waals surface area contributed by atoms with E-state index in [1.165, 1.54) is 5.56 Å². The second kappa shape index (κ2) is 8.71. The molecule has 0 radical (unpaired) electrons. The van der Waals surface area contributed by atoms with Gasteiger partial charge in [-0.25, -0.2) is 4.79 Å². The zero-order valence-electron chi connectivity index (χ0n) is 15.7. The Morgan fingerprint density at radius 3 is 2.63 bits per heavy atom. The van der Waals surface area contributed by atoms with Gasteiger partial charge in [0.1, 0.15) is 5.75 Å². The summed E-state index contributed by atoms with van der Waals surface area (Å²) in [6.07, 6.45) is 2.09. The Balaban J connectivity index is 1.58. The summed E-state index contributed by atoms with van der Waals surface area (Å²) in [5.41, 5.74) is 2.82. The molecule has 0 bridgehead atoms. The van der Waals surface area contributed by atoms with Crippen molar-refractivity contribution in [3.05, 3.63) is 65.2 Å². The number of ether oxygens (including phenoxy) is 2. The molecule has 27 heavy (non-hydrogen) atoms. The summed E-state index contributed by atoms with van der Waals surface area (Å²) in [7, 11) is 0. The molecule has 1 N–H and O–H groups in total. The van der Waals surface area contributed by atoms with Gasteiger partial charge >= 0.3 is 5.97 Å². The third-order valence-corrected chi connectivity index (χ3v) is 4.74. The van der Waals surface area contributed by atoms with Crippen LogP contribution in [-0.2, 0) is 16.0 Å². The number of fused-ring (bicyclic) bond motifs is 1. The van der Waals surface area contributed by atoms with Crippen LogP contribution < -0.4 is 10.1 Å². The van der Waals surface area contributed by atoms with Crippen LogP contribution >= 0.6 is 0 Å². The molecule has 142 valence electrons. The third kappa shape index (κ3) is 4.67. The van der Waals surface area contributed by atoms with E-state index in [4.69, 9.17) is 9.47 Å². The zero-order valence-corrected chi connectivity index (χ0v) is 15.7. The molecule has 1 aliphatic carbocycles. The predicted molar refractivity (Wildman–Crippen MR) is 103 cm³/mol. The van der Waals surface area contributed by atoms with Crippen molar-refractivity contribution < 1.29 is 19.1 Å². The molecular formula is C22H25NO4. The van der Waals surface area contributed by atoms with Gasteiger partial charge in [-0.1, -0.05) is 24.3 Å². The standard InChI is InChI=1S/C22H25NO4/c1-3-26-18-13-11-17(12-14-18)22(25)27-15(2)21(24)23-20-10-6-8-16-7-4-5-9-19(16)20/h4-5,7,9,11-15,20H,3,6,8,10H2,1-2H3,(H,23,24). The van der Waals surface area contributed by atoms with Crippen LogP contribution in [0.1, 0.15) is 54.2 Å². The van der Waals surface area contributed by atoms with Gasteiger partial charge in [-0.3, -0.25) is 4.79 Å². The lowest BCUT2D eigenvalue weighted by Crippen LogP contribution is -2.39. The fourth-order valence-electron chi connectivity index (χ4n) is 3.33. The summed E-state index contributed by atoms with van der Waals surface area (Å²) >= 11 is 0. The van der Waals surface area contributed by atoms with Crippen LogP contribution in [0.5, 0.6) is 5.75 Å². The van der Waals surface area contributed by atoms with Crippen LogP contribution in [0, 0.1) is 0 Å². The highest BCUT2D eigenvalue weighted by Crippen LogP contribution is 2.29. The van der Waals surface area contributed by atoms with Gasteiger partial charge in [0.15, 0.2) is 6.10 Å². The van der Waals surface area contributed by atoms with Crippen LogP contribution in [0.2, 0.25) is 0 Å². The summed E-state index contributed by atoms with van der Waals surface area (Å²) in [6.45, 7) is 4.05. The molecule has 0 saturated carbocycles. The zero-order chi connectivity index (χ0) is 19.2. The Bertz CT molecular complexity index is 800. The van der Waals surface area contributed by atoms with Gasteiger partial charge in [0.05, 0.1) is 18.2 Å². The average molecular weight is 367 g/mol. The Hall–Kier alpha value is -2.82. The molecule has 5 nitrogen and oxygen atoms in total. The fourth-order valence-corrected chi connectivity index (χ4v) is 3.33. The topological polar surface area (TPSA) is 64.6 Å². The first kappa shape index (κ1) is 19.0. The molecule has 2 atom stereocenters. The number of nitrogens with one attached hydrogen (secondary N) is 1. The lowest BCUT2D eigenvalue weighted by molar-refractivity contribution is -0.130. The fraction of sp³-hybridized carbons (Fsp3) is 0.364. The molecule has 2 aromatic rings. The molecule has 2 aromatic carbocycles. The minimum Gasteiger partial charge on any atom is -0.494 e. The largest absolute Gasteiger partial charge is 0.494 e. The Morgan fingerprint density at radius 1 is 1.15 bits per heavy atom. The van der Waals surface area contributed by atoms with E-state index in [1.54, 1.807) is 31.2 Å². The molecule has 0 fully saturated rings. The number of aryl methyl sites for hydroxylation is 1. The lowest BCUT2D eigenvalue weighted by Gasteiger charge is -2.27. The first-order valence-electron chi connectivity index (χ1n) is 9.40. The number of rotatable bonds is 6. The van der Waals surface area contributed by atoms with Crippen molar-refractivity contribution in [2.24, 2.45) is 0 Å². The first-order valence-corrected chi connectivity index (χ1v) is 9.40. The van der Waals surface area contributed by atoms with Crippen LogP contribution in [0.15, 0.2) is 48.5 Å². The van der Waals surface area contributed by atoms with Gasteiger partial charge in [-0.15, -0.1) is 0 Å². The van der Waals surface area contributed by atoms with E-state index in [0.29, 0.717) is 17.9 Å². The molecule has 2 unspecified atom stereocenters. The molecule has 0 spiro atoms. The molecule has 1 amide bonds. The minimum absolute atomic E-state index is 0.0333. The van der Waals surface area contributed by atoms with Crippen molar-refractivity contribution in [2.45, 2.75) is 45.3 Å². The number of esters is 1. The average Bonchev–Trinajstić information content (AvgIpc) is 2.69. The summed E-state index contributed by atoms with van der Waals surface area (Å²) in [4.78, 5) is 24.8. The molecule has 0 aliphatic heterocycles. The maximum atomic E-state index is 12.5. The highest BCUT2D eigenvalue weighted by Gasteiger charge is 2.25. The van der Waals surface area contributed by atoms with Gasteiger partial charge in [0.25, 0.3) is 5.91 Å². The maximum Gasteiger partial charge on any atom is 0.338 e. The van der Waals surface area contributed by atoms with Crippen molar-refractivity contribution in [3.63, 3.8) is 0 Å². The van der Waals surface area contributed by atoms with E-state index in [9.17, 15) is 9.59 Å². The number of hydrogen-bond donors (Lipinski definition) is 1. The molecule has 0 saturated heterocycles. The van der Waals surface area contributed by atoms with E-state index < -0.39 is 12.1 Å². The third-order valence-electron chi connectivity index (χ3n) is 4.74. The Morgan fingerprint density at radius 2 is 1.89 bits per heavy atom. The Kier molecular flexibility index (Phi) is 6.12. The van der Waals surface area contributed by atoms with Crippen molar-refractivity contribution in [1.82, 2.24) is 5.32 Å². The smallest absolute Gasteiger partial charge is 0.338 e. The summed E-state index contributed by atoms with van der Waals surface area (Å²) < 4.78 is 10.7. The summed E-state index contributed by atoms with van der Waals surface area (Å²) in [5, 5.41) is 3.02. The van der Waals surface area contributed by atoms with E-state index in [1.807, 2.05) is 19.1 Å². The second-order valence-corrected chi connectivity index (χ2v) is 6.66. The van der Waals surface area contributed by atoms with Gasteiger partial charge < -0.3 is 14.8 Å². The van der Waals surface area contributed by atoms with Crippen LogP contribution in [0.25, 0.3) is 0 Å². The molecule has 5 heteroatoms. The van der Waals surface area contributed by atoms with E-state index in [-0.39, 0.29) is 11.9 Å². The van der Waals surface area contributed by atoms with Crippen LogP contribution in [-0.4, -0.2) is 24.6 Å². The number of hydrogen-bond acceptors (Lipinski definition) is 4. The summed E-state index contributed by atoms with van der Waals surface area (Å²) in [5.74, 6) is -0.114. The highest BCUT2D eigenvalue weighted by atomic mass is 16.5. The van der Waals surface area contributed by atoms with Gasteiger partial charge in [-0.05, 0) is 68.5 Å². The van der Waals surface area contributed by atoms with Gasteiger partial charge in [-0.2, -0.15) is 0 Å². The van der Waals surface area contributed by atoms with E-state index in [0.717, 1.165) is 24.8 Å². The van der Waals surface area contributed by atoms with Crippen LogP contribution in [0.4, 0.5) is 0 Å². The molecule has 0 heterocycles. The monoisotopic (exact) mass is 367 g/mol. The van der Waals surface area contributed by atoms with Gasteiger partial charge in [0, 0.05) is 0 Å². The lowest BCUT2D eigenvalue weighted by atomic mass is 9.87. The van der Waals surface area contributed by atoms with Crippen molar-refractivity contribution >= 4 is 11.9 Å². The molecule has 1 aliphatic rings. The van der Waals surface area contributed by atoms with Crippen molar-refractivity contribution in [3.8, 4) is 5.75 Å². The number of amides is 1. The van der Waals surface area contributed by atoms with Crippen LogP contribution in [0.3, 0.4) is 0 Å². The summed E-state index contributed by atoms with van der Waals surface area (Å²) in [6, 6.07) is 14.8. The number of carbonyl (C=O) groups excluding carboxylic acids is 2. The second-order valence-electron chi connectivity index (χ2n) is 6.66. The molecular weight excluding hydrogens is 342 g/mol. The van der Waals surface area contributed by atoms with E-state index >= 15 is 0 Å². The predicted octanol–water partition coefficient (Wildman–Crippen LogP) is 3.82. The minimum atomic E-state index is -0.863. The van der Waals surface area contributed by atoms with Crippen molar-refractivity contribution in [2.75, 3.05) is 6.61 Å². The maximum absolute atomic E-state index is 12.5. The number of carbonyl (C=O) groups is 2.